The Morgan fingerprint density at radius 1 is 0.321 bits per heavy atom. The quantitative estimate of drug-likeness (QED) is 0.171. The standard InChI is InChI=1S/H28P28/c1-16(2)23(15)27(24(17(3)4)18(5)6)28(25(19(7)8)20(9)10)26(21(11)12)22(13)14/h1-2H,3-15H2/q-2. The third-order valence-electron chi connectivity index (χ3n) is 2.27. The van der Waals surface area contributed by atoms with Crippen LogP contribution in [0.5, 0.6) is 0 Å². The van der Waals surface area contributed by atoms with Crippen LogP contribution >= 0.6 is 225 Å². The van der Waals surface area contributed by atoms with Gasteiger partial charge in [-0.25, -0.2) is 0 Å². The lowest BCUT2D eigenvalue weighted by Gasteiger charge is -2.54. The molecule has 28 heteroatoms. The molecule has 0 rings (SSSR count). The lowest BCUT2D eigenvalue weighted by atomic mass is 28.5. The van der Waals surface area contributed by atoms with Gasteiger partial charge in [0.05, 0.1) is 0 Å². The van der Waals surface area contributed by atoms with Gasteiger partial charge in [0.25, 0.3) is 0 Å². The number of hydrogen-bond acceptors (Lipinski definition) is 0. The van der Waals surface area contributed by atoms with E-state index in [1.165, 1.54) is 0 Å². The van der Waals surface area contributed by atoms with Crippen LogP contribution in [0.4, 0.5) is 0 Å². The molecule has 0 spiro atoms. The van der Waals surface area contributed by atoms with Crippen LogP contribution in [0.15, 0.2) is 0 Å². The summed E-state index contributed by atoms with van der Waals surface area (Å²) in [6, 6.07) is 0. The molecule has 0 bridgehead atoms. The lowest BCUT2D eigenvalue weighted by molar-refractivity contribution is 4.43. The Morgan fingerprint density at radius 2 is 0.536 bits per heavy atom. The van der Waals surface area contributed by atoms with Crippen LogP contribution in [0, 0.1) is 0 Å². The first-order valence-electron chi connectivity index (χ1n) is 6.20. The van der Waals surface area contributed by atoms with Crippen LogP contribution in [0.1, 0.15) is 0 Å². The minimum Gasteiger partial charge on any atom is -0.553 e. The molecule has 170 valence electrons. The average Bonchev–Trinajstić information content (AvgIpc) is 2.48. The fraction of sp³-hybridized carbons (Fsp3) is 0. The first-order chi connectivity index (χ1) is 12.7. The summed E-state index contributed by atoms with van der Waals surface area (Å²) in [5.41, 5.74) is 0. The Kier molecular flexibility index (Phi) is 31.0. The van der Waals surface area contributed by atoms with Crippen molar-refractivity contribution in [3.63, 3.8) is 0 Å². The topological polar surface area (TPSA) is 0 Å². The summed E-state index contributed by atoms with van der Waals surface area (Å²) >= 11 is 0. The first kappa shape index (κ1) is 40.0. The summed E-state index contributed by atoms with van der Waals surface area (Å²) in [7, 11) is 50.5. The average molecular weight is 895 g/mol. The SMILES string of the molecule is [PH-]P([PH-])P(P)P(P(P(P)P)P(P)P)P(P(P(P)P)P(P)P)P(P(P)P)P(P)P. The van der Waals surface area contributed by atoms with Crippen molar-refractivity contribution in [2.75, 3.05) is 0 Å². The van der Waals surface area contributed by atoms with Crippen LogP contribution in [0.2, 0.25) is 0 Å². The van der Waals surface area contributed by atoms with Gasteiger partial charge in [-0.2, -0.15) is 0 Å². The maximum absolute atomic E-state index is 4.08. The van der Waals surface area contributed by atoms with Gasteiger partial charge < -0.3 is 24.8 Å². The van der Waals surface area contributed by atoms with E-state index >= 15 is 0 Å². The van der Waals surface area contributed by atoms with E-state index in [9.17, 15) is 0 Å². The van der Waals surface area contributed by atoms with E-state index in [-0.39, 0.29) is 90.8 Å². The molecule has 0 fully saturated rings. The molecule has 0 aliphatic rings. The first-order valence-corrected chi connectivity index (χ1v) is 55.8. The molecule has 0 nitrogen and oxygen atoms in total. The predicted octanol–water partition coefficient (Wildman–Crippen LogP) is 16.6. The van der Waals surface area contributed by atoms with Crippen molar-refractivity contribution in [2.24, 2.45) is 0 Å². The second-order valence-corrected chi connectivity index (χ2v) is 115. The summed E-state index contributed by atoms with van der Waals surface area (Å²) in [6.07, 6.45) is 0. The number of hydrogen-bond donors (Lipinski definition) is 0. The summed E-state index contributed by atoms with van der Waals surface area (Å²) in [5, 5.41) is 0. The molecule has 28 heavy (non-hydrogen) atoms. The van der Waals surface area contributed by atoms with Gasteiger partial charge in [0.15, 0.2) is 0 Å². The highest BCUT2D eigenvalue weighted by Crippen LogP contribution is 3.37. The Labute approximate surface area is 222 Å². The zero-order chi connectivity index (χ0) is 22.5. The lowest BCUT2D eigenvalue weighted by Crippen LogP contribution is -1.63. The summed E-state index contributed by atoms with van der Waals surface area (Å²) in [4.78, 5) is 0. The van der Waals surface area contributed by atoms with E-state index in [2.05, 4.69) is 134 Å². The van der Waals surface area contributed by atoms with Crippen molar-refractivity contribution in [3.8, 4) is 0 Å². The summed E-state index contributed by atoms with van der Waals surface area (Å²) in [6.45, 7) is -0.625. The van der Waals surface area contributed by atoms with Crippen molar-refractivity contribution in [2.45, 2.75) is 0 Å². The van der Waals surface area contributed by atoms with Gasteiger partial charge in [-0.15, -0.1) is 116 Å². The summed E-state index contributed by atoms with van der Waals surface area (Å²) in [5.74, 6) is 0. The molecule has 15 atom stereocenters. The fourth-order valence-electron chi connectivity index (χ4n) is 1.44. The van der Waals surface area contributed by atoms with E-state index in [4.69, 9.17) is 0 Å². The molecule has 0 aromatic heterocycles. The Hall–Kier alpha value is 12.0. The highest BCUT2D eigenvalue weighted by atomic mass is 33.5. The van der Waals surface area contributed by atoms with Crippen molar-refractivity contribution < 1.29 is 0 Å². The third kappa shape index (κ3) is 14.5. The second-order valence-electron chi connectivity index (χ2n) is 4.25. The van der Waals surface area contributed by atoms with Crippen LogP contribution in [0.3, 0.4) is 0 Å². The normalized spacial score (nSPS) is 16.1. The molecule has 0 aromatic rings. The van der Waals surface area contributed by atoms with E-state index in [0.717, 1.165) is 0 Å². The Morgan fingerprint density at radius 3 is 0.714 bits per heavy atom. The molecule has 0 radical (unpaired) electrons. The molecule has 0 heterocycles. The second kappa shape index (κ2) is 21.7. The monoisotopic (exact) mass is 895 g/mol. The maximum atomic E-state index is 4.08. The largest absolute Gasteiger partial charge is 0.553 e. The van der Waals surface area contributed by atoms with Gasteiger partial charge in [-0.05, 0) is 76.9 Å². The zero-order valence-electron chi connectivity index (χ0n) is 14.3. The predicted molar refractivity (Wildman–Crippen MR) is 233 cm³/mol. The van der Waals surface area contributed by atoms with Crippen LogP contribution in [0.25, 0.3) is 0 Å². The van der Waals surface area contributed by atoms with Gasteiger partial charge in [0.1, 0.15) is 0 Å². The van der Waals surface area contributed by atoms with E-state index < -0.39 is 0 Å². The highest BCUT2D eigenvalue weighted by Gasteiger charge is 2.47. The molecule has 15 unspecified atom stereocenters. The summed E-state index contributed by atoms with van der Waals surface area (Å²) < 4.78 is 0. The van der Waals surface area contributed by atoms with Crippen molar-refractivity contribution in [3.05, 3.63) is 0 Å². The zero-order valence-corrected chi connectivity index (χ0v) is 43.0. The van der Waals surface area contributed by atoms with Crippen molar-refractivity contribution in [1.29, 1.82) is 0 Å². The molecule has 0 amide bonds. The van der Waals surface area contributed by atoms with E-state index in [1.807, 2.05) is 0 Å². The van der Waals surface area contributed by atoms with Crippen molar-refractivity contribution >= 4 is 225 Å². The van der Waals surface area contributed by atoms with Gasteiger partial charge in [-0.3, -0.25) is 0 Å². The Bertz CT molecular complexity index is 354. The number of rotatable bonds is 12. The van der Waals surface area contributed by atoms with Gasteiger partial charge in [0, 0.05) is 0 Å². The van der Waals surface area contributed by atoms with Crippen LogP contribution in [-0.2, 0) is 0 Å². The van der Waals surface area contributed by atoms with Gasteiger partial charge >= 0.3 is 0 Å². The maximum Gasteiger partial charge on any atom is -0.000568 e. The van der Waals surface area contributed by atoms with E-state index in [1.54, 1.807) is 0 Å². The molecule has 0 N–H and O–H groups in total. The minimum absolute atomic E-state index is 0.00342. The fourth-order valence-corrected chi connectivity index (χ4v) is 350. The smallest absolute Gasteiger partial charge is 0.000568 e. The van der Waals surface area contributed by atoms with Gasteiger partial charge in [-0.1, -0.05) is 6.99 Å². The van der Waals surface area contributed by atoms with Crippen molar-refractivity contribution in [1.82, 2.24) is 0 Å². The molecule has 0 saturated heterocycles. The molecular weight excluding hydrogens is 867 g/mol. The molecule has 0 aliphatic carbocycles. The van der Waals surface area contributed by atoms with E-state index in [0.29, 0.717) is 0 Å². The molecule has 0 aliphatic heterocycles. The van der Waals surface area contributed by atoms with Crippen LogP contribution < -0.4 is 0 Å². The highest BCUT2D eigenvalue weighted by molar-refractivity contribution is 9.42. The minimum atomic E-state index is -0.263. The van der Waals surface area contributed by atoms with Crippen LogP contribution in [-0.4, -0.2) is 0 Å². The molecule has 0 aromatic carbocycles. The van der Waals surface area contributed by atoms with Gasteiger partial charge in [0.2, 0.25) is 0 Å². The third-order valence-corrected chi connectivity index (χ3v) is 184. The Balaban J connectivity index is 6.81. The molecular formula is H28P28-2. The molecule has 0 saturated carbocycles.